The quantitative estimate of drug-likeness (QED) is 0.769. The van der Waals surface area contributed by atoms with Gasteiger partial charge in [-0.2, -0.15) is 5.26 Å². The van der Waals surface area contributed by atoms with Gasteiger partial charge in [0.2, 0.25) is 0 Å². The monoisotopic (exact) mass is 254 g/mol. The van der Waals surface area contributed by atoms with Crippen molar-refractivity contribution in [3.8, 4) is 17.3 Å². The highest BCUT2D eigenvalue weighted by molar-refractivity contribution is 5.65. The number of nitrogens with zero attached hydrogens (tertiary/aromatic N) is 4. The fourth-order valence-electron chi connectivity index (χ4n) is 2.05. The van der Waals surface area contributed by atoms with Crippen molar-refractivity contribution in [2.75, 3.05) is 0 Å². The zero-order chi connectivity index (χ0) is 13.7. The topological polar surface area (TPSA) is 54.5 Å². The standard InChI is InChI=1S/C15H18N4/c1-3-4-5-10-19-15(14(11-16)17-18-19)13-8-6-12(2)7-9-13/h6-9H,3-5,10H2,1-2H3. The summed E-state index contributed by atoms with van der Waals surface area (Å²) in [6.07, 6.45) is 3.39. The molecule has 19 heavy (non-hydrogen) atoms. The number of rotatable bonds is 5. The van der Waals surface area contributed by atoms with Crippen molar-refractivity contribution >= 4 is 0 Å². The van der Waals surface area contributed by atoms with Gasteiger partial charge < -0.3 is 0 Å². The second-order valence-corrected chi connectivity index (χ2v) is 4.69. The average molecular weight is 254 g/mol. The number of benzene rings is 1. The number of hydrogen-bond acceptors (Lipinski definition) is 3. The Labute approximate surface area is 113 Å². The number of aromatic nitrogens is 3. The number of aryl methyl sites for hydroxylation is 2. The van der Waals surface area contributed by atoms with E-state index in [0.29, 0.717) is 5.69 Å². The van der Waals surface area contributed by atoms with Crippen LogP contribution in [0.3, 0.4) is 0 Å². The van der Waals surface area contributed by atoms with Crippen LogP contribution < -0.4 is 0 Å². The van der Waals surface area contributed by atoms with E-state index in [1.165, 1.54) is 12.0 Å². The molecule has 0 aliphatic carbocycles. The molecule has 0 fully saturated rings. The summed E-state index contributed by atoms with van der Waals surface area (Å²) >= 11 is 0. The van der Waals surface area contributed by atoms with Crippen LogP contribution in [0.4, 0.5) is 0 Å². The molecule has 4 heteroatoms. The van der Waals surface area contributed by atoms with Crippen molar-refractivity contribution in [3.05, 3.63) is 35.5 Å². The van der Waals surface area contributed by atoms with Gasteiger partial charge in [-0.25, -0.2) is 4.68 Å². The highest BCUT2D eigenvalue weighted by atomic mass is 15.4. The van der Waals surface area contributed by atoms with Gasteiger partial charge in [0.25, 0.3) is 0 Å². The van der Waals surface area contributed by atoms with Crippen molar-refractivity contribution in [3.63, 3.8) is 0 Å². The molecule has 0 bridgehead atoms. The zero-order valence-electron chi connectivity index (χ0n) is 11.4. The van der Waals surface area contributed by atoms with Crippen molar-refractivity contribution in [1.29, 1.82) is 5.26 Å². The lowest BCUT2D eigenvalue weighted by atomic mass is 10.1. The fourth-order valence-corrected chi connectivity index (χ4v) is 2.05. The second kappa shape index (κ2) is 6.14. The number of nitriles is 1. The van der Waals surface area contributed by atoms with Crippen LogP contribution in [0.15, 0.2) is 24.3 Å². The average Bonchev–Trinajstić information content (AvgIpc) is 2.83. The van der Waals surface area contributed by atoms with Gasteiger partial charge >= 0.3 is 0 Å². The summed E-state index contributed by atoms with van der Waals surface area (Å²) in [5.74, 6) is 0. The summed E-state index contributed by atoms with van der Waals surface area (Å²) < 4.78 is 1.85. The first-order chi connectivity index (χ1) is 9.26. The Kier molecular flexibility index (Phi) is 4.30. The summed E-state index contributed by atoms with van der Waals surface area (Å²) in [6.45, 7) is 5.03. The molecule has 1 aromatic carbocycles. The van der Waals surface area contributed by atoms with Gasteiger partial charge in [-0.15, -0.1) is 5.10 Å². The van der Waals surface area contributed by atoms with E-state index in [1.54, 1.807) is 0 Å². The highest BCUT2D eigenvalue weighted by Gasteiger charge is 2.14. The maximum atomic E-state index is 9.15. The van der Waals surface area contributed by atoms with E-state index in [1.807, 2.05) is 35.9 Å². The Morgan fingerprint density at radius 1 is 1.21 bits per heavy atom. The van der Waals surface area contributed by atoms with Crippen molar-refractivity contribution in [1.82, 2.24) is 15.0 Å². The Hall–Kier alpha value is -2.15. The fraction of sp³-hybridized carbons (Fsp3) is 0.400. The van der Waals surface area contributed by atoms with E-state index in [2.05, 4.69) is 23.3 Å². The van der Waals surface area contributed by atoms with Crippen LogP contribution in [0.1, 0.15) is 37.4 Å². The van der Waals surface area contributed by atoms with Gasteiger partial charge in [-0.3, -0.25) is 0 Å². The molecule has 0 spiro atoms. The maximum absolute atomic E-state index is 9.15. The van der Waals surface area contributed by atoms with E-state index < -0.39 is 0 Å². The first-order valence-electron chi connectivity index (χ1n) is 6.67. The van der Waals surface area contributed by atoms with E-state index in [9.17, 15) is 0 Å². The van der Waals surface area contributed by atoms with Crippen LogP contribution in [-0.4, -0.2) is 15.0 Å². The SMILES string of the molecule is CCCCCn1nnc(C#N)c1-c1ccc(C)cc1. The van der Waals surface area contributed by atoms with Crippen LogP contribution in [-0.2, 0) is 6.54 Å². The molecule has 0 aliphatic rings. The highest BCUT2D eigenvalue weighted by Crippen LogP contribution is 2.22. The normalized spacial score (nSPS) is 10.4. The molecule has 2 aromatic rings. The summed E-state index contributed by atoms with van der Waals surface area (Å²) in [7, 11) is 0. The lowest BCUT2D eigenvalue weighted by Gasteiger charge is -2.06. The largest absolute Gasteiger partial charge is 0.243 e. The number of hydrogen-bond donors (Lipinski definition) is 0. The summed E-state index contributed by atoms with van der Waals surface area (Å²) in [6, 6.07) is 10.2. The maximum Gasteiger partial charge on any atom is 0.190 e. The minimum absolute atomic E-state index is 0.403. The Balaban J connectivity index is 2.34. The third-order valence-corrected chi connectivity index (χ3v) is 3.14. The zero-order valence-corrected chi connectivity index (χ0v) is 11.4. The molecule has 2 rings (SSSR count). The molecule has 4 nitrogen and oxygen atoms in total. The second-order valence-electron chi connectivity index (χ2n) is 4.69. The molecule has 1 heterocycles. The van der Waals surface area contributed by atoms with E-state index in [4.69, 9.17) is 5.26 Å². The van der Waals surface area contributed by atoms with Crippen molar-refractivity contribution in [2.45, 2.75) is 39.7 Å². The van der Waals surface area contributed by atoms with E-state index in [0.717, 1.165) is 30.6 Å². The molecule has 0 N–H and O–H groups in total. The summed E-state index contributed by atoms with van der Waals surface area (Å²) in [4.78, 5) is 0. The molecule has 0 aliphatic heterocycles. The minimum Gasteiger partial charge on any atom is -0.243 e. The van der Waals surface area contributed by atoms with E-state index >= 15 is 0 Å². The van der Waals surface area contributed by atoms with Gasteiger partial charge in [0, 0.05) is 12.1 Å². The van der Waals surface area contributed by atoms with Gasteiger partial charge in [-0.1, -0.05) is 54.8 Å². The molecule has 0 radical (unpaired) electrons. The molecule has 0 unspecified atom stereocenters. The molecule has 0 atom stereocenters. The Morgan fingerprint density at radius 2 is 1.95 bits per heavy atom. The predicted molar refractivity (Wildman–Crippen MR) is 74.4 cm³/mol. The van der Waals surface area contributed by atoms with Crippen LogP contribution in [0.5, 0.6) is 0 Å². The first-order valence-corrected chi connectivity index (χ1v) is 6.67. The molecule has 98 valence electrons. The molecule has 1 aromatic heterocycles. The minimum atomic E-state index is 0.403. The van der Waals surface area contributed by atoms with Gasteiger partial charge in [-0.05, 0) is 13.3 Å². The Morgan fingerprint density at radius 3 is 2.58 bits per heavy atom. The van der Waals surface area contributed by atoms with Crippen LogP contribution >= 0.6 is 0 Å². The third kappa shape index (κ3) is 3.00. The van der Waals surface area contributed by atoms with Gasteiger partial charge in [0.05, 0.1) is 0 Å². The lowest BCUT2D eigenvalue weighted by molar-refractivity contribution is 0.541. The van der Waals surface area contributed by atoms with Gasteiger partial charge in [0.1, 0.15) is 11.8 Å². The van der Waals surface area contributed by atoms with Crippen LogP contribution in [0, 0.1) is 18.3 Å². The molecule has 0 saturated heterocycles. The molecule has 0 saturated carbocycles. The summed E-state index contributed by atoms with van der Waals surface area (Å²) in [5, 5.41) is 17.2. The predicted octanol–water partition coefficient (Wildman–Crippen LogP) is 3.32. The van der Waals surface area contributed by atoms with Gasteiger partial charge in [0.15, 0.2) is 5.69 Å². The van der Waals surface area contributed by atoms with Crippen molar-refractivity contribution < 1.29 is 0 Å². The smallest absolute Gasteiger partial charge is 0.190 e. The van der Waals surface area contributed by atoms with Crippen molar-refractivity contribution in [2.24, 2.45) is 0 Å². The summed E-state index contributed by atoms with van der Waals surface area (Å²) in [5.41, 5.74) is 3.44. The first kappa shape index (κ1) is 13.3. The lowest BCUT2D eigenvalue weighted by Crippen LogP contribution is -2.03. The van der Waals surface area contributed by atoms with Crippen LogP contribution in [0.25, 0.3) is 11.3 Å². The Bertz CT molecular complexity index is 575. The van der Waals surface area contributed by atoms with E-state index in [-0.39, 0.29) is 0 Å². The molecule has 0 amide bonds. The van der Waals surface area contributed by atoms with Crippen LogP contribution in [0.2, 0.25) is 0 Å². The molecular formula is C15H18N4. The number of unbranched alkanes of at least 4 members (excludes halogenated alkanes) is 2. The molecular weight excluding hydrogens is 236 g/mol. The third-order valence-electron chi connectivity index (χ3n) is 3.14.